The molecule has 1 aliphatic carbocycles. The van der Waals surface area contributed by atoms with Crippen LogP contribution in [-0.4, -0.2) is 22.3 Å². The molecule has 4 rings (SSSR count). The Labute approximate surface area is 159 Å². The van der Waals surface area contributed by atoms with E-state index in [1.807, 2.05) is 29.3 Å². The van der Waals surface area contributed by atoms with Gasteiger partial charge in [-0.15, -0.1) is 0 Å². The Kier molecular flexibility index (Phi) is 4.80. The summed E-state index contributed by atoms with van der Waals surface area (Å²) < 4.78 is 39.1. The molecule has 1 saturated carbocycles. The Morgan fingerprint density at radius 1 is 1.04 bits per heavy atom. The van der Waals surface area contributed by atoms with Crippen LogP contribution in [0.3, 0.4) is 0 Å². The summed E-state index contributed by atoms with van der Waals surface area (Å²) in [4.78, 5) is 15.3. The van der Waals surface area contributed by atoms with Crippen molar-refractivity contribution in [3.05, 3.63) is 52.5 Å². The summed E-state index contributed by atoms with van der Waals surface area (Å²) in [6.07, 6.45) is 2.11. The summed E-state index contributed by atoms with van der Waals surface area (Å²) in [5.74, 6) is -1.18. The standard InChI is InChI=1S/C19H18ClF3N4/c20-17-8-7-14(10-25-17)27-11-16-15(2-1-9-24-16)26-18(27)12-3-5-13(6-4-12)19(21,22)23/h1-2,7-13,18H,3-6H2. The number of fused-ring (bicyclic) bond motifs is 1. The van der Waals surface area contributed by atoms with E-state index in [0.29, 0.717) is 18.0 Å². The van der Waals surface area contributed by atoms with Crippen LogP contribution < -0.4 is 15.6 Å². The van der Waals surface area contributed by atoms with Crippen molar-refractivity contribution in [1.82, 2.24) is 9.97 Å². The van der Waals surface area contributed by atoms with Gasteiger partial charge in [-0.05, 0) is 49.9 Å². The van der Waals surface area contributed by atoms with Gasteiger partial charge in [0.25, 0.3) is 0 Å². The van der Waals surface area contributed by atoms with Gasteiger partial charge in [0.1, 0.15) is 16.7 Å². The number of aromatic nitrogens is 2. The van der Waals surface area contributed by atoms with Crippen molar-refractivity contribution in [3.8, 4) is 0 Å². The molecule has 8 heteroatoms. The molecule has 27 heavy (non-hydrogen) atoms. The van der Waals surface area contributed by atoms with Gasteiger partial charge in [-0.1, -0.05) is 11.6 Å². The van der Waals surface area contributed by atoms with Gasteiger partial charge in [0.15, 0.2) is 0 Å². The minimum Gasteiger partial charge on any atom is -0.321 e. The van der Waals surface area contributed by atoms with Crippen LogP contribution in [0, 0.1) is 11.8 Å². The highest BCUT2D eigenvalue weighted by Crippen LogP contribution is 2.42. The van der Waals surface area contributed by atoms with E-state index in [4.69, 9.17) is 16.6 Å². The molecule has 4 nitrogen and oxygen atoms in total. The second-order valence-electron chi connectivity index (χ2n) is 6.98. The van der Waals surface area contributed by atoms with Gasteiger partial charge in [-0.2, -0.15) is 13.2 Å². The van der Waals surface area contributed by atoms with Crippen molar-refractivity contribution in [3.63, 3.8) is 0 Å². The van der Waals surface area contributed by atoms with E-state index in [0.717, 1.165) is 16.4 Å². The fraction of sp³-hybridized carbons (Fsp3) is 0.421. The fourth-order valence-corrected chi connectivity index (χ4v) is 3.97. The Balaban J connectivity index is 1.66. The SMILES string of the molecule is FC(F)(F)C1CCC(C2N=c3cccnc3=CN2c2ccc(Cl)nc2)CC1. The highest BCUT2D eigenvalue weighted by Gasteiger charge is 2.43. The monoisotopic (exact) mass is 394 g/mol. The summed E-state index contributed by atoms with van der Waals surface area (Å²) in [6, 6.07) is 7.22. The van der Waals surface area contributed by atoms with Crippen molar-refractivity contribution in [1.29, 1.82) is 0 Å². The zero-order valence-electron chi connectivity index (χ0n) is 14.4. The van der Waals surface area contributed by atoms with E-state index in [1.54, 1.807) is 18.5 Å². The molecule has 3 heterocycles. The van der Waals surface area contributed by atoms with E-state index < -0.39 is 12.1 Å². The lowest BCUT2D eigenvalue weighted by molar-refractivity contribution is -0.184. The largest absolute Gasteiger partial charge is 0.391 e. The lowest BCUT2D eigenvalue weighted by atomic mass is 9.79. The van der Waals surface area contributed by atoms with Gasteiger partial charge in [0.2, 0.25) is 0 Å². The molecular weight excluding hydrogens is 377 g/mol. The smallest absolute Gasteiger partial charge is 0.321 e. The molecule has 2 aromatic rings. The van der Waals surface area contributed by atoms with E-state index in [2.05, 4.69) is 9.97 Å². The summed E-state index contributed by atoms with van der Waals surface area (Å²) >= 11 is 5.89. The Bertz CT molecular complexity index is 921. The average Bonchev–Trinajstić information content (AvgIpc) is 2.67. The van der Waals surface area contributed by atoms with Crippen LogP contribution >= 0.6 is 11.6 Å². The number of rotatable bonds is 2. The Hall–Kier alpha value is -2.15. The number of nitrogens with zero attached hydrogens (tertiary/aromatic N) is 4. The zero-order chi connectivity index (χ0) is 19.0. The van der Waals surface area contributed by atoms with E-state index in [9.17, 15) is 13.2 Å². The third-order valence-corrected chi connectivity index (χ3v) is 5.52. The maximum Gasteiger partial charge on any atom is 0.391 e. The molecule has 0 bridgehead atoms. The zero-order valence-corrected chi connectivity index (χ0v) is 15.2. The molecule has 2 aromatic heterocycles. The van der Waals surface area contributed by atoms with Crippen LogP contribution in [0.4, 0.5) is 18.9 Å². The van der Waals surface area contributed by atoms with Crippen molar-refractivity contribution in [2.75, 3.05) is 4.90 Å². The molecule has 1 unspecified atom stereocenters. The highest BCUT2D eigenvalue weighted by atomic mass is 35.5. The molecule has 0 radical (unpaired) electrons. The normalized spacial score (nSPS) is 25.3. The summed E-state index contributed by atoms with van der Waals surface area (Å²) in [7, 11) is 0. The lowest BCUT2D eigenvalue weighted by Gasteiger charge is -2.38. The van der Waals surface area contributed by atoms with E-state index in [1.165, 1.54) is 0 Å². The van der Waals surface area contributed by atoms with Crippen molar-refractivity contribution in [2.24, 2.45) is 16.8 Å². The first-order valence-electron chi connectivity index (χ1n) is 8.89. The van der Waals surface area contributed by atoms with Gasteiger partial charge >= 0.3 is 6.18 Å². The number of hydrogen-bond donors (Lipinski definition) is 0. The number of halogens is 4. The molecule has 0 N–H and O–H groups in total. The first-order valence-corrected chi connectivity index (χ1v) is 9.27. The topological polar surface area (TPSA) is 41.4 Å². The van der Waals surface area contributed by atoms with Crippen LogP contribution in [0.15, 0.2) is 41.7 Å². The molecule has 0 spiro atoms. The van der Waals surface area contributed by atoms with E-state index >= 15 is 0 Å². The average molecular weight is 395 g/mol. The summed E-state index contributed by atoms with van der Waals surface area (Å²) in [5.41, 5.74) is 0.794. The number of pyridine rings is 2. The van der Waals surface area contributed by atoms with Crippen molar-refractivity contribution >= 4 is 23.5 Å². The quantitative estimate of drug-likeness (QED) is 0.729. The first kappa shape index (κ1) is 18.2. The fourth-order valence-electron chi connectivity index (χ4n) is 3.86. The predicted molar refractivity (Wildman–Crippen MR) is 96.5 cm³/mol. The van der Waals surface area contributed by atoms with Gasteiger partial charge in [0.05, 0.1) is 23.2 Å². The molecular formula is C19H18ClF3N4. The van der Waals surface area contributed by atoms with Crippen LogP contribution in [-0.2, 0) is 0 Å². The minimum absolute atomic E-state index is 0.0314. The molecule has 1 aliphatic heterocycles. The van der Waals surface area contributed by atoms with Crippen LogP contribution in [0.2, 0.25) is 5.15 Å². The lowest BCUT2D eigenvalue weighted by Crippen LogP contribution is -2.47. The molecule has 0 amide bonds. The molecule has 0 aromatic carbocycles. The number of hydrogen-bond acceptors (Lipinski definition) is 4. The Morgan fingerprint density at radius 2 is 1.81 bits per heavy atom. The van der Waals surface area contributed by atoms with Gasteiger partial charge in [-0.3, -0.25) is 9.98 Å². The maximum absolute atomic E-state index is 13.0. The second kappa shape index (κ2) is 7.11. The van der Waals surface area contributed by atoms with Crippen LogP contribution in [0.1, 0.15) is 25.7 Å². The van der Waals surface area contributed by atoms with E-state index in [-0.39, 0.29) is 24.9 Å². The first-order chi connectivity index (χ1) is 12.9. The number of anilines is 1. The molecule has 2 aliphatic rings. The predicted octanol–water partition coefficient (Wildman–Crippen LogP) is 3.70. The third-order valence-electron chi connectivity index (χ3n) is 5.30. The third kappa shape index (κ3) is 3.78. The molecule has 1 fully saturated rings. The second-order valence-corrected chi connectivity index (χ2v) is 7.37. The van der Waals surface area contributed by atoms with Gasteiger partial charge in [0, 0.05) is 18.3 Å². The minimum atomic E-state index is -4.11. The van der Waals surface area contributed by atoms with Crippen LogP contribution in [0.5, 0.6) is 0 Å². The summed E-state index contributed by atoms with van der Waals surface area (Å²) in [5, 5.41) is 1.87. The van der Waals surface area contributed by atoms with Gasteiger partial charge in [-0.25, -0.2) is 4.98 Å². The van der Waals surface area contributed by atoms with Crippen molar-refractivity contribution < 1.29 is 13.2 Å². The number of alkyl halides is 3. The van der Waals surface area contributed by atoms with Crippen molar-refractivity contribution in [2.45, 2.75) is 38.0 Å². The highest BCUT2D eigenvalue weighted by molar-refractivity contribution is 6.29. The summed E-state index contributed by atoms with van der Waals surface area (Å²) in [6.45, 7) is 0. The molecule has 1 atom stereocenters. The molecule has 0 saturated heterocycles. The molecule has 142 valence electrons. The Morgan fingerprint density at radius 3 is 2.48 bits per heavy atom. The maximum atomic E-state index is 13.0. The van der Waals surface area contributed by atoms with Crippen LogP contribution in [0.25, 0.3) is 6.20 Å². The van der Waals surface area contributed by atoms with Gasteiger partial charge < -0.3 is 4.90 Å².